The highest BCUT2D eigenvalue weighted by Crippen LogP contribution is 2.22. The average molecular weight is 240 g/mol. The van der Waals surface area contributed by atoms with Crippen LogP contribution in [0.15, 0.2) is 6.33 Å². The summed E-state index contributed by atoms with van der Waals surface area (Å²) in [7, 11) is 2.07. The van der Waals surface area contributed by atoms with Crippen LogP contribution in [0, 0.1) is 6.92 Å². The van der Waals surface area contributed by atoms with E-state index >= 15 is 0 Å². The van der Waals surface area contributed by atoms with Gasteiger partial charge >= 0.3 is 0 Å². The van der Waals surface area contributed by atoms with E-state index in [0.29, 0.717) is 11.9 Å². The summed E-state index contributed by atoms with van der Waals surface area (Å²) in [6, 6.07) is 0.489. The number of aromatic nitrogens is 2. The minimum absolute atomic E-state index is 0.489. The predicted molar refractivity (Wildman–Crippen MR) is 72.0 cm³/mol. The molecule has 1 atom stereocenters. The summed E-state index contributed by atoms with van der Waals surface area (Å²) in [5.41, 5.74) is 6.75. The fourth-order valence-corrected chi connectivity index (χ4v) is 2.52. The Morgan fingerprint density at radius 2 is 2.19 bits per heavy atom. The van der Waals surface area contributed by atoms with Crippen LogP contribution in [0.4, 0.5) is 11.6 Å². The van der Waals surface area contributed by atoms with Gasteiger partial charge in [-0.1, -0.05) is 6.92 Å². The lowest BCUT2D eigenvalue weighted by molar-refractivity contribution is 0.663. The molecule has 1 aromatic rings. The van der Waals surface area contributed by atoms with Gasteiger partial charge in [0.05, 0.1) is 0 Å². The highest BCUT2D eigenvalue weighted by Gasteiger charge is 2.16. The Morgan fingerprint density at radius 3 is 2.75 bits per heavy atom. The molecule has 5 heteroatoms. The van der Waals surface area contributed by atoms with E-state index in [1.807, 2.05) is 18.7 Å². The van der Waals surface area contributed by atoms with Crippen LogP contribution in [-0.4, -0.2) is 35.1 Å². The number of anilines is 2. The van der Waals surface area contributed by atoms with E-state index < -0.39 is 0 Å². The van der Waals surface area contributed by atoms with Gasteiger partial charge in [0.2, 0.25) is 0 Å². The highest BCUT2D eigenvalue weighted by molar-refractivity contribution is 7.98. The van der Waals surface area contributed by atoms with Crippen molar-refractivity contribution in [2.75, 3.05) is 29.7 Å². The number of thioether (sulfide) groups is 1. The minimum Gasteiger partial charge on any atom is -0.383 e. The summed E-state index contributed by atoms with van der Waals surface area (Å²) >= 11 is 1.85. The van der Waals surface area contributed by atoms with Crippen molar-refractivity contribution in [2.24, 2.45) is 0 Å². The summed E-state index contributed by atoms with van der Waals surface area (Å²) in [6.45, 7) is 4.16. The van der Waals surface area contributed by atoms with Gasteiger partial charge < -0.3 is 10.6 Å². The third-order valence-corrected chi connectivity index (χ3v) is 3.53. The van der Waals surface area contributed by atoms with E-state index in [1.165, 1.54) is 6.33 Å². The molecule has 2 N–H and O–H groups in total. The summed E-state index contributed by atoms with van der Waals surface area (Å²) < 4.78 is 0. The van der Waals surface area contributed by atoms with Gasteiger partial charge in [0.15, 0.2) is 0 Å². The van der Waals surface area contributed by atoms with Crippen LogP contribution < -0.4 is 10.6 Å². The molecular weight excluding hydrogens is 220 g/mol. The van der Waals surface area contributed by atoms with Crippen molar-refractivity contribution in [2.45, 2.75) is 26.3 Å². The first-order valence-electron chi connectivity index (χ1n) is 5.40. The van der Waals surface area contributed by atoms with Gasteiger partial charge in [-0.3, -0.25) is 0 Å². The zero-order valence-electron chi connectivity index (χ0n) is 10.4. The van der Waals surface area contributed by atoms with Crippen LogP contribution in [0.1, 0.15) is 18.9 Å². The number of hydrogen-bond acceptors (Lipinski definition) is 5. The van der Waals surface area contributed by atoms with Crippen LogP contribution >= 0.6 is 11.8 Å². The largest absolute Gasteiger partial charge is 0.383 e. The summed E-state index contributed by atoms with van der Waals surface area (Å²) in [5, 5.41) is 0. The SMILES string of the molecule is CCC(CSC)N(C)c1ncnc(N)c1C. The maximum atomic E-state index is 5.79. The second kappa shape index (κ2) is 5.94. The zero-order chi connectivity index (χ0) is 12.1. The summed E-state index contributed by atoms with van der Waals surface area (Å²) in [4.78, 5) is 10.5. The van der Waals surface area contributed by atoms with Gasteiger partial charge in [0.25, 0.3) is 0 Å². The van der Waals surface area contributed by atoms with Gasteiger partial charge in [-0.05, 0) is 19.6 Å². The Morgan fingerprint density at radius 1 is 1.50 bits per heavy atom. The Kier molecular flexibility index (Phi) is 4.86. The lowest BCUT2D eigenvalue weighted by Gasteiger charge is -2.29. The molecule has 0 spiro atoms. The molecule has 0 saturated carbocycles. The van der Waals surface area contributed by atoms with Gasteiger partial charge in [-0.15, -0.1) is 0 Å². The molecule has 0 aliphatic rings. The minimum atomic E-state index is 0.489. The van der Waals surface area contributed by atoms with Crippen molar-refractivity contribution in [3.8, 4) is 0 Å². The van der Waals surface area contributed by atoms with Crippen molar-refractivity contribution >= 4 is 23.4 Å². The van der Waals surface area contributed by atoms with Crippen LogP contribution in [0.5, 0.6) is 0 Å². The normalized spacial score (nSPS) is 12.5. The van der Waals surface area contributed by atoms with Crippen molar-refractivity contribution in [1.82, 2.24) is 9.97 Å². The van der Waals surface area contributed by atoms with Crippen molar-refractivity contribution in [3.63, 3.8) is 0 Å². The Labute approximate surface area is 102 Å². The molecule has 90 valence electrons. The number of nitrogens with two attached hydrogens (primary N) is 1. The zero-order valence-corrected chi connectivity index (χ0v) is 11.2. The third kappa shape index (κ3) is 2.78. The topological polar surface area (TPSA) is 55.0 Å². The molecular formula is C11H20N4S. The molecule has 4 nitrogen and oxygen atoms in total. The third-order valence-electron chi connectivity index (χ3n) is 2.81. The molecule has 0 bridgehead atoms. The second-order valence-corrected chi connectivity index (χ2v) is 4.75. The molecule has 0 saturated heterocycles. The first-order chi connectivity index (χ1) is 7.61. The molecule has 1 rings (SSSR count). The molecule has 0 aromatic carbocycles. The first kappa shape index (κ1) is 13.1. The Hall–Kier alpha value is -0.970. The van der Waals surface area contributed by atoms with Crippen molar-refractivity contribution in [1.29, 1.82) is 0 Å². The molecule has 16 heavy (non-hydrogen) atoms. The van der Waals surface area contributed by atoms with E-state index in [-0.39, 0.29) is 0 Å². The van der Waals surface area contributed by atoms with Gasteiger partial charge in [0.1, 0.15) is 18.0 Å². The molecule has 0 aliphatic heterocycles. The quantitative estimate of drug-likeness (QED) is 0.852. The molecule has 0 amide bonds. The molecule has 0 radical (unpaired) electrons. The number of rotatable bonds is 5. The van der Waals surface area contributed by atoms with Gasteiger partial charge in [0, 0.05) is 24.4 Å². The molecule has 0 fully saturated rings. The second-order valence-electron chi connectivity index (χ2n) is 3.84. The Balaban J connectivity index is 2.94. The van der Waals surface area contributed by atoms with Crippen LogP contribution in [-0.2, 0) is 0 Å². The molecule has 1 heterocycles. The Bertz CT molecular complexity index is 343. The fraction of sp³-hybridized carbons (Fsp3) is 0.636. The molecule has 0 aliphatic carbocycles. The number of hydrogen-bond donors (Lipinski definition) is 1. The smallest absolute Gasteiger partial charge is 0.137 e. The molecule has 1 aromatic heterocycles. The highest BCUT2D eigenvalue weighted by atomic mass is 32.2. The van der Waals surface area contributed by atoms with Crippen LogP contribution in [0.25, 0.3) is 0 Å². The molecule has 1 unspecified atom stereocenters. The van der Waals surface area contributed by atoms with Gasteiger partial charge in [-0.2, -0.15) is 11.8 Å². The predicted octanol–water partition coefficient (Wildman–Crippen LogP) is 1.95. The number of nitrogens with zero attached hydrogens (tertiary/aromatic N) is 3. The van der Waals surface area contributed by atoms with Crippen LogP contribution in [0.3, 0.4) is 0 Å². The first-order valence-corrected chi connectivity index (χ1v) is 6.80. The lowest BCUT2D eigenvalue weighted by Crippen LogP contribution is -2.34. The summed E-state index contributed by atoms with van der Waals surface area (Å²) in [5.74, 6) is 2.60. The number of nitrogen functional groups attached to an aromatic ring is 1. The summed E-state index contributed by atoms with van der Waals surface area (Å²) in [6.07, 6.45) is 4.75. The van der Waals surface area contributed by atoms with Crippen molar-refractivity contribution < 1.29 is 0 Å². The maximum absolute atomic E-state index is 5.79. The van der Waals surface area contributed by atoms with E-state index in [1.54, 1.807) is 0 Å². The lowest BCUT2D eigenvalue weighted by atomic mass is 10.2. The average Bonchev–Trinajstić information content (AvgIpc) is 2.29. The fourth-order valence-electron chi connectivity index (χ4n) is 1.68. The van der Waals surface area contributed by atoms with E-state index in [9.17, 15) is 0 Å². The van der Waals surface area contributed by atoms with E-state index in [2.05, 4.69) is 35.1 Å². The van der Waals surface area contributed by atoms with E-state index in [4.69, 9.17) is 5.73 Å². The van der Waals surface area contributed by atoms with E-state index in [0.717, 1.165) is 23.6 Å². The van der Waals surface area contributed by atoms with Crippen LogP contribution in [0.2, 0.25) is 0 Å². The monoisotopic (exact) mass is 240 g/mol. The van der Waals surface area contributed by atoms with Gasteiger partial charge in [-0.25, -0.2) is 9.97 Å². The van der Waals surface area contributed by atoms with Crippen molar-refractivity contribution in [3.05, 3.63) is 11.9 Å². The maximum Gasteiger partial charge on any atom is 0.137 e. The standard InChI is InChI=1S/C11H20N4S/c1-5-9(6-16-4)15(3)11-8(2)10(12)13-7-14-11/h7,9H,5-6H2,1-4H3,(H2,12,13,14).